The van der Waals surface area contributed by atoms with Crippen molar-refractivity contribution in [1.29, 1.82) is 0 Å². The third-order valence-corrected chi connectivity index (χ3v) is 5.11. The Morgan fingerprint density at radius 1 is 1.00 bits per heavy atom. The van der Waals surface area contributed by atoms with Crippen LogP contribution in [0.25, 0.3) is 22.4 Å². The van der Waals surface area contributed by atoms with Gasteiger partial charge in [-0.3, -0.25) is 4.98 Å². The van der Waals surface area contributed by atoms with Gasteiger partial charge in [-0.1, -0.05) is 60.7 Å². The zero-order valence-corrected chi connectivity index (χ0v) is 15.1. The molecule has 0 bridgehead atoms. The van der Waals surface area contributed by atoms with Crippen molar-refractivity contribution in [2.24, 2.45) is 0 Å². The normalized spacial score (nSPS) is 17.3. The molecule has 132 valence electrons. The van der Waals surface area contributed by atoms with Crippen molar-refractivity contribution in [3.8, 4) is 28.1 Å². The molecule has 0 saturated carbocycles. The fourth-order valence-electron chi connectivity index (χ4n) is 3.57. The van der Waals surface area contributed by atoms with E-state index in [1.807, 2.05) is 30.5 Å². The summed E-state index contributed by atoms with van der Waals surface area (Å²) >= 11 is 0. The third kappa shape index (κ3) is 3.63. The molecule has 4 rings (SSSR count). The van der Waals surface area contributed by atoms with Gasteiger partial charge in [-0.2, -0.15) is 0 Å². The van der Waals surface area contributed by atoms with Crippen LogP contribution in [0, 0.1) is 0 Å². The highest BCUT2D eigenvalue weighted by atomic mass is 16.5. The number of pyridine rings is 1. The number of rotatable bonds is 5. The van der Waals surface area contributed by atoms with E-state index in [-0.39, 0.29) is 0 Å². The maximum Gasteiger partial charge on any atom is 0.138 e. The van der Waals surface area contributed by atoms with E-state index in [0.29, 0.717) is 6.04 Å². The minimum absolute atomic E-state index is 0.504. The van der Waals surface area contributed by atoms with Gasteiger partial charge in [0.25, 0.3) is 0 Å². The van der Waals surface area contributed by atoms with Crippen molar-refractivity contribution in [3.05, 3.63) is 72.9 Å². The van der Waals surface area contributed by atoms with Crippen molar-refractivity contribution < 1.29 is 4.74 Å². The van der Waals surface area contributed by atoms with Crippen LogP contribution >= 0.6 is 0 Å². The summed E-state index contributed by atoms with van der Waals surface area (Å²) in [5, 5.41) is 0. The lowest BCUT2D eigenvalue weighted by Crippen LogP contribution is -2.30. The van der Waals surface area contributed by atoms with Crippen molar-refractivity contribution in [1.82, 2.24) is 9.88 Å². The van der Waals surface area contributed by atoms with E-state index in [4.69, 9.17) is 9.72 Å². The van der Waals surface area contributed by atoms with Gasteiger partial charge >= 0.3 is 0 Å². The first kappa shape index (κ1) is 16.8. The molecule has 3 heteroatoms. The summed E-state index contributed by atoms with van der Waals surface area (Å²) in [6.45, 7) is 1.88. The maximum absolute atomic E-state index is 6.11. The highest BCUT2D eigenvalue weighted by Crippen LogP contribution is 2.33. The average molecular weight is 344 g/mol. The Bertz CT molecular complexity index is 849. The Labute approximate surface area is 155 Å². The summed E-state index contributed by atoms with van der Waals surface area (Å²) in [6.07, 6.45) is 4.31. The highest BCUT2D eigenvalue weighted by Gasteiger charge is 2.21. The predicted molar refractivity (Wildman–Crippen MR) is 106 cm³/mol. The first-order chi connectivity index (χ1) is 12.8. The minimum Gasteiger partial charge on any atom is -0.490 e. The molecule has 1 saturated heterocycles. The van der Waals surface area contributed by atoms with E-state index in [9.17, 15) is 0 Å². The molecule has 1 fully saturated rings. The summed E-state index contributed by atoms with van der Waals surface area (Å²) in [6, 6.07) is 23.4. The smallest absolute Gasteiger partial charge is 0.138 e. The van der Waals surface area contributed by atoms with Crippen LogP contribution < -0.4 is 4.74 Å². The molecule has 0 spiro atoms. The van der Waals surface area contributed by atoms with Crippen LogP contribution in [-0.4, -0.2) is 36.1 Å². The fraction of sp³-hybridized carbons (Fsp3) is 0.261. The van der Waals surface area contributed by atoms with Gasteiger partial charge < -0.3 is 9.64 Å². The van der Waals surface area contributed by atoms with Crippen LogP contribution in [0.3, 0.4) is 0 Å². The van der Waals surface area contributed by atoms with Gasteiger partial charge in [-0.05, 0) is 38.1 Å². The number of ether oxygens (including phenoxy) is 1. The van der Waals surface area contributed by atoms with E-state index >= 15 is 0 Å². The largest absolute Gasteiger partial charge is 0.490 e. The highest BCUT2D eigenvalue weighted by molar-refractivity contribution is 5.81. The second-order valence-electron chi connectivity index (χ2n) is 6.89. The first-order valence-corrected chi connectivity index (χ1v) is 9.25. The lowest BCUT2D eigenvalue weighted by atomic mass is 9.99. The molecule has 26 heavy (non-hydrogen) atoms. The number of nitrogens with zero attached hydrogens (tertiary/aromatic N) is 2. The van der Waals surface area contributed by atoms with Gasteiger partial charge in [-0.15, -0.1) is 0 Å². The fourth-order valence-corrected chi connectivity index (χ4v) is 3.57. The lowest BCUT2D eigenvalue weighted by molar-refractivity contribution is 0.198. The van der Waals surface area contributed by atoms with Crippen molar-refractivity contribution in [3.63, 3.8) is 0 Å². The number of hydrogen-bond donors (Lipinski definition) is 0. The molecule has 1 aliphatic rings. The molecule has 0 N–H and O–H groups in total. The van der Waals surface area contributed by atoms with Crippen LogP contribution in [0.4, 0.5) is 0 Å². The number of benzene rings is 2. The zero-order valence-electron chi connectivity index (χ0n) is 15.1. The Hall–Kier alpha value is -2.65. The molecule has 1 atom stereocenters. The monoisotopic (exact) mass is 344 g/mol. The van der Waals surface area contributed by atoms with Crippen LogP contribution in [-0.2, 0) is 0 Å². The molecule has 0 amide bonds. The summed E-state index contributed by atoms with van der Waals surface area (Å²) in [5.74, 6) is 0.837. The Morgan fingerprint density at radius 3 is 2.35 bits per heavy atom. The van der Waals surface area contributed by atoms with Gasteiger partial charge in [0.2, 0.25) is 0 Å². The minimum atomic E-state index is 0.504. The van der Waals surface area contributed by atoms with Crippen molar-refractivity contribution in [2.75, 3.05) is 20.2 Å². The molecule has 0 unspecified atom stereocenters. The van der Waals surface area contributed by atoms with Gasteiger partial charge in [0, 0.05) is 17.2 Å². The first-order valence-electron chi connectivity index (χ1n) is 9.25. The predicted octanol–water partition coefficient (Wildman–Crippen LogP) is 4.89. The van der Waals surface area contributed by atoms with Crippen LogP contribution in [0.15, 0.2) is 72.9 Å². The molecule has 2 aromatic carbocycles. The molecule has 0 aliphatic carbocycles. The summed E-state index contributed by atoms with van der Waals surface area (Å²) in [7, 11) is 2.17. The SMILES string of the molecule is CN1CCC[C@@H]1COc1cnc(-c2ccccc2)c(-c2ccccc2)c1. The topological polar surface area (TPSA) is 25.4 Å². The maximum atomic E-state index is 6.11. The van der Waals surface area contributed by atoms with E-state index < -0.39 is 0 Å². The van der Waals surface area contributed by atoms with Crippen molar-refractivity contribution in [2.45, 2.75) is 18.9 Å². The standard InChI is InChI=1S/C23H24N2O/c1-25-14-8-13-20(25)17-26-21-15-22(18-9-4-2-5-10-18)23(24-16-21)19-11-6-3-7-12-19/h2-7,9-12,15-16,20H,8,13-14,17H2,1H3/t20-/m1/s1. The third-order valence-electron chi connectivity index (χ3n) is 5.11. The van der Waals surface area contributed by atoms with Gasteiger partial charge in [-0.25, -0.2) is 0 Å². The molecule has 3 aromatic rings. The Balaban J connectivity index is 1.65. The number of aromatic nitrogens is 1. The van der Waals surface area contributed by atoms with Crippen LogP contribution in [0.1, 0.15) is 12.8 Å². The second-order valence-corrected chi connectivity index (χ2v) is 6.89. The van der Waals surface area contributed by atoms with Crippen LogP contribution in [0.2, 0.25) is 0 Å². The molecule has 2 heterocycles. The van der Waals surface area contributed by atoms with Gasteiger partial charge in [0.1, 0.15) is 12.4 Å². The Morgan fingerprint density at radius 2 is 1.69 bits per heavy atom. The summed E-state index contributed by atoms with van der Waals surface area (Å²) in [5.41, 5.74) is 4.37. The second kappa shape index (κ2) is 7.71. The number of likely N-dealkylation sites (N-methyl/N-ethyl adjacent to an activating group) is 1. The van der Waals surface area contributed by atoms with E-state index in [1.54, 1.807) is 0 Å². The molecule has 0 radical (unpaired) electrons. The lowest BCUT2D eigenvalue weighted by Gasteiger charge is -2.20. The van der Waals surface area contributed by atoms with E-state index in [2.05, 4.69) is 54.4 Å². The average Bonchev–Trinajstić information content (AvgIpc) is 3.12. The Kier molecular flexibility index (Phi) is 4.98. The number of likely N-dealkylation sites (tertiary alicyclic amines) is 1. The molecular weight excluding hydrogens is 320 g/mol. The quantitative estimate of drug-likeness (QED) is 0.659. The molecule has 1 aliphatic heterocycles. The van der Waals surface area contributed by atoms with E-state index in [0.717, 1.165) is 41.3 Å². The number of hydrogen-bond acceptors (Lipinski definition) is 3. The molecule has 3 nitrogen and oxygen atoms in total. The van der Waals surface area contributed by atoms with Crippen molar-refractivity contribution >= 4 is 0 Å². The van der Waals surface area contributed by atoms with Crippen LogP contribution in [0.5, 0.6) is 5.75 Å². The van der Waals surface area contributed by atoms with E-state index in [1.165, 1.54) is 12.8 Å². The summed E-state index contributed by atoms with van der Waals surface area (Å²) in [4.78, 5) is 7.13. The van der Waals surface area contributed by atoms with Gasteiger partial charge in [0.15, 0.2) is 0 Å². The molecule has 1 aromatic heterocycles. The van der Waals surface area contributed by atoms with Gasteiger partial charge in [0.05, 0.1) is 11.9 Å². The molecular formula is C23H24N2O. The zero-order chi connectivity index (χ0) is 17.8. The summed E-state index contributed by atoms with van der Waals surface area (Å²) < 4.78 is 6.11.